The molecular formula is C24H31N3O3. The molecule has 5 rings (SSSR count). The van der Waals surface area contributed by atoms with Gasteiger partial charge in [0.1, 0.15) is 5.75 Å². The number of rotatable bonds is 3. The molecule has 3 saturated heterocycles. The summed E-state index contributed by atoms with van der Waals surface area (Å²) in [5.41, 5.74) is 1.24. The summed E-state index contributed by atoms with van der Waals surface area (Å²) >= 11 is 0. The van der Waals surface area contributed by atoms with Crippen molar-refractivity contribution in [3.63, 3.8) is 0 Å². The molecule has 30 heavy (non-hydrogen) atoms. The Balaban J connectivity index is 1.37. The van der Waals surface area contributed by atoms with E-state index in [1.54, 1.807) is 0 Å². The highest BCUT2D eigenvalue weighted by molar-refractivity contribution is 5.80. The van der Waals surface area contributed by atoms with E-state index >= 15 is 0 Å². The predicted octanol–water partition coefficient (Wildman–Crippen LogP) is 2.86. The van der Waals surface area contributed by atoms with Crippen molar-refractivity contribution in [1.82, 2.24) is 9.80 Å². The number of carbonyl (C=O) groups is 1. The number of amides is 1. The monoisotopic (exact) mass is 409 g/mol. The zero-order chi connectivity index (χ0) is 20.5. The van der Waals surface area contributed by atoms with E-state index in [4.69, 9.17) is 9.47 Å². The normalized spacial score (nSPS) is 30.2. The molecule has 6 heteroatoms. The lowest BCUT2D eigenvalue weighted by Gasteiger charge is -2.37. The number of nitriles is 1. The van der Waals surface area contributed by atoms with Gasteiger partial charge in [-0.25, -0.2) is 0 Å². The van der Waals surface area contributed by atoms with E-state index in [-0.39, 0.29) is 29.7 Å². The van der Waals surface area contributed by atoms with Crippen LogP contribution in [0.5, 0.6) is 5.75 Å². The second-order valence-electron chi connectivity index (χ2n) is 9.30. The van der Waals surface area contributed by atoms with E-state index in [9.17, 15) is 10.1 Å². The molecule has 0 spiro atoms. The maximum Gasteiger partial charge on any atom is 0.227 e. The predicted molar refractivity (Wildman–Crippen MR) is 112 cm³/mol. The van der Waals surface area contributed by atoms with Gasteiger partial charge in [-0.1, -0.05) is 18.2 Å². The summed E-state index contributed by atoms with van der Waals surface area (Å²) in [6.45, 7) is 5.56. The second-order valence-corrected chi connectivity index (χ2v) is 9.30. The topological polar surface area (TPSA) is 65.8 Å². The van der Waals surface area contributed by atoms with E-state index in [0.29, 0.717) is 25.6 Å². The van der Waals surface area contributed by atoms with Crippen LogP contribution in [-0.4, -0.2) is 61.7 Å². The highest BCUT2D eigenvalue weighted by atomic mass is 16.5. The highest BCUT2D eigenvalue weighted by Gasteiger charge is 2.50. The van der Waals surface area contributed by atoms with Crippen molar-refractivity contribution in [2.75, 3.05) is 46.0 Å². The zero-order valence-electron chi connectivity index (χ0n) is 17.5. The number of ether oxygens (including phenoxy) is 2. The van der Waals surface area contributed by atoms with Crippen LogP contribution in [0.4, 0.5) is 0 Å². The molecule has 0 aromatic heterocycles. The fourth-order valence-electron chi connectivity index (χ4n) is 5.84. The summed E-state index contributed by atoms with van der Waals surface area (Å²) in [4.78, 5) is 18.1. The average molecular weight is 410 g/mol. The van der Waals surface area contributed by atoms with Crippen LogP contribution < -0.4 is 4.74 Å². The molecule has 0 bridgehead atoms. The lowest BCUT2D eigenvalue weighted by atomic mass is 9.84. The van der Waals surface area contributed by atoms with Gasteiger partial charge in [0.15, 0.2) is 0 Å². The Morgan fingerprint density at radius 2 is 1.90 bits per heavy atom. The number of hydrogen-bond acceptors (Lipinski definition) is 5. The van der Waals surface area contributed by atoms with Gasteiger partial charge in [-0.2, -0.15) is 5.26 Å². The number of likely N-dealkylation sites (tertiary alicyclic amines) is 2. The fraction of sp³-hybridized carbons (Fsp3) is 0.667. The molecule has 6 nitrogen and oxygen atoms in total. The van der Waals surface area contributed by atoms with E-state index in [1.807, 2.05) is 11.0 Å². The maximum atomic E-state index is 13.5. The van der Waals surface area contributed by atoms with E-state index in [2.05, 4.69) is 29.2 Å². The SMILES string of the molecule is N#CC1CCN(C(=O)[C@@H]2CN(CC3CCOCC3)[C@H]3c4ccccc4OC[C@@H]23)CC1. The second kappa shape index (κ2) is 8.56. The Morgan fingerprint density at radius 3 is 2.67 bits per heavy atom. The molecule has 1 aromatic rings. The quantitative estimate of drug-likeness (QED) is 0.768. The number of piperidine rings is 1. The number of hydrogen-bond donors (Lipinski definition) is 0. The third kappa shape index (κ3) is 3.70. The molecule has 0 N–H and O–H groups in total. The number of para-hydroxylation sites is 1. The zero-order valence-corrected chi connectivity index (χ0v) is 17.5. The smallest absolute Gasteiger partial charge is 0.227 e. The van der Waals surface area contributed by atoms with Crippen molar-refractivity contribution in [2.24, 2.45) is 23.7 Å². The Labute approximate surface area is 178 Å². The molecule has 1 aromatic carbocycles. The summed E-state index contributed by atoms with van der Waals surface area (Å²) in [6.07, 6.45) is 3.81. The van der Waals surface area contributed by atoms with Crippen LogP contribution in [0.25, 0.3) is 0 Å². The minimum absolute atomic E-state index is 0.0261. The van der Waals surface area contributed by atoms with Gasteiger partial charge in [-0.3, -0.25) is 9.69 Å². The van der Waals surface area contributed by atoms with Crippen LogP contribution in [0, 0.1) is 35.0 Å². The lowest BCUT2D eigenvalue weighted by Crippen LogP contribution is -2.44. The van der Waals surface area contributed by atoms with Crippen LogP contribution in [0.2, 0.25) is 0 Å². The summed E-state index contributed by atoms with van der Waals surface area (Å²) in [5.74, 6) is 2.13. The number of carbonyl (C=O) groups excluding carboxylic acids is 1. The van der Waals surface area contributed by atoms with E-state index in [1.165, 1.54) is 5.56 Å². The molecule has 0 unspecified atom stereocenters. The molecule has 0 saturated carbocycles. The average Bonchev–Trinajstić information content (AvgIpc) is 3.18. The molecule has 4 heterocycles. The molecule has 0 aliphatic carbocycles. The fourth-order valence-corrected chi connectivity index (χ4v) is 5.84. The summed E-state index contributed by atoms with van der Waals surface area (Å²) in [5, 5.41) is 9.18. The van der Waals surface area contributed by atoms with Crippen molar-refractivity contribution in [2.45, 2.75) is 31.7 Å². The minimum Gasteiger partial charge on any atom is -0.493 e. The van der Waals surface area contributed by atoms with Gasteiger partial charge in [0.25, 0.3) is 0 Å². The van der Waals surface area contributed by atoms with Crippen LogP contribution in [0.3, 0.4) is 0 Å². The maximum absolute atomic E-state index is 13.5. The van der Waals surface area contributed by atoms with Gasteiger partial charge in [0.05, 0.1) is 18.6 Å². The molecule has 1 amide bonds. The summed E-state index contributed by atoms with van der Waals surface area (Å²) in [6, 6.07) is 11.0. The van der Waals surface area contributed by atoms with Gasteiger partial charge in [-0.05, 0) is 37.7 Å². The first-order valence-electron chi connectivity index (χ1n) is 11.5. The lowest BCUT2D eigenvalue weighted by molar-refractivity contribution is -0.138. The largest absolute Gasteiger partial charge is 0.493 e. The molecule has 160 valence electrons. The summed E-state index contributed by atoms with van der Waals surface area (Å²) in [7, 11) is 0. The number of nitrogens with zero attached hydrogens (tertiary/aromatic N) is 3. The minimum atomic E-state index is -0.0261. The van der Waals surface area contributed by atoms with Crippen LogP contribution in [0.15, 0.2) is 24.3 Å². The van der Waals surface area contributed by atoms with Crippen molar-refractivity contribution in [3.05, 3.63) is 29.8 Å². The molecule has 0 radical (unpaired) electrons. The van der Waals surface area contributed by atoms with Crippen LogP contribution >= 0.6 is 0 Å². The number of benzene rings is 1. The standard InChI is InChI=1S/C24H31N3O3/c25-13-17-5-9-26(10-6-17)24(28)20-15-27(14-18-7-11-29-12-8-18)23-19-3-1-2-4-22(19)30-16-21(20)23/h1-4,17-18,20-21,23H,5-12,14-16H2/t20-,21+,23+/m1/s1. The Kier molecular flexibility index (Phi) is 5.66. The molecular weight excluding hydrogens is 378 g/mol. The first-order valence-corrected chi connectivity index (χ1v) is 11.5. The van der Waals surface area contributed by atoms with Crippen LogP contribution in [-0.2, 0) is 9.53 Å². The van der Waals surface area contributed by atoms with Crippen molar-refractivity contribution in [3.8, 4) is 11.8 Å². The highest BCUT2D eigenvalue weighted by Crippen LogP contribution is 2.48. The van der Waals surface area contributed by atoms with Gasteiger partial charge >= 0.3 is 0 Å². The van der Waals surface area contributed by atoms with Crippen molar-refractivity contribution < 1.29 is 14.3 Å². The van der Waals surface area contributed by atoms with Gasteiger partial charge in [-0.15, -0.1) is 0 Å². The molecule has 4 aliphatic rings. The summed E-state index contributed by atoms with van der Waals surface area (Å²) < 4.78 is 11.7. The van der Waals surface area contributed by atoms with E-state index in [0.717, 1.165) is 57.7 Å². The van der Waals surface area contributed by atoms with Gasteiger partial charge in [0, 0.05) is 62.8 Å². The van der Waals surface area contributed by atoms with Crippen LogP contribution in [0.1, 0.15) is 37.3 Å². The molecule has 3 atom stereocenters. The van der Waals surface area contributed by atoms with Crippen molar-refractivity contribution in [1.29, 1.82) is 5.26 Å². The Hall–Kier alpha value is -2.10. The van der Waals surface area contributed by atoms with Crippen molar-refractivity contribution >= 4 is 5.91 Å². The third-order valence-corrected chi connectivity index (χ3v) is 7.56. The van der Waals surface area contributed by atoms with Gasteiger partial charge < -0.3 is 14.4 Å². The van der Waals surface area contributed by atoms with Gasteiger partial charge in [0.2, 0.25) is 5.91 Å². The Morgan fingerprint density at radius 1 is 1.13 bits per heavy atom. The third-order valence-electron chi connectivity index (χ3n) is 7.56. The molecule has 4 aliphatic heterocycles. The Bertz CT molecular complexity index is 808. The van der Waals surface area contributed by atoms with E-state index < -0.39 is 0 Å². The first-order chi connectivity index (χ1) is 14.7. The number of fused-ring (bicyclic) bond motifs is 3. The first kappa shape index (κ1) is 19.8. The molecule has 3 fully saturated rings.